The number of carbonyl (C=O) groups is 2. The summed E-state index contributed by atoms with van der Waals surface area (Å²) in [6.45, 7) is 5.17. The Kier molecular flexibility index (Phi) is 6.31. The van der Waals surface area contributed by atoms with Crippen LogP contribution in [0.3, 0.4) is 0 Å². The van der Waals surface area contributed by atoms with Gasteiger partial charge in [0.15, 0.2) is 0 Å². The lowest BCUT2D eigenvalue weighted by molar-refractivity contribution is -0.144. The number of ether oxygens (including phenoxy) is 1. The van der Waals surface area contributed by atoms with Crippen LogP contribution in [0.15, 0.2) is 24.3 Å². The van der Waals surface area contributed by atoms with E-state index in [-0.39, 0.29) is 12.4 Å². The molecule has 140 valence electrons. The summed E-state index contributed by atoms with van der Waals surface area (Å²) >= 11 is 1.15. The molecule has 26 heavy (non-hydrogen) atoms. The monoisotopic (exact) mass is 380 g/mol. The number of carboxylic acid groups (broad SMARTS) is 1. The first-order valence-corrected chi connectivity index (χ1v) is 8.97. The molecule has 0 aliphatic carbocycles. The van der Waals surface area contributed by atoms with E-state index in [9.17, 15) is 19.1 Å². The maximum Gasteiger partial charge on any atom is 0.329 e. The van der Waals surface area contributed by atoms with E-state index in [4.69, 9.17) is 4.74 Å². The topological polar surface area (TPSA) is 88.5 Å². The van der Waals surface area contributed by atoms with E-state index in [1.54, 1.807) is 6.92 Å². The summed E-state index contributed by atoms with van der Waals surface area (Å²) in [5.41, 5.74) is -0.818. The number of carboxylic acids is 1. The Balaban J connectivity index is 2.07. The average molecular weight is 380 g/mol. The number of aromatic nitrogens is 1. The van der Waals surface area contributed by atoms with E-state index in [1.807, 2.05) is 6.92 Å². The highest BCUT2D eigenvalue weighted by Gasteiger charge is 2.35. The Morgan fingerprint density at radius 2 is 2.00 bits per heavy atom. The first-order valence-electron chi connectivity index (χ1n) is 8.15. The fourth-order valence-electron chi connectivity index (χ4n) is 2.43. The fourth-order valence-corrected chi connectivity index (χ4v) is 3.30. The van der Waals surface area contributed by atoms with Gasteiger partial charge in [0.2, 0.25) is 0 Å². The Morgan fingerprint density at radius 3 is 2.58 bits per heavy atom. The number of carbonyl (C=O) groups excluding carboxylic acids is 1. The Morgan fingerprint density at radius 1 is 1.35 bits per heavy atom. The maximum absolute atomic E-state index is 12.9. The van der Waals surface area contributed by atoms with Gasteiger partial charge in [0.05, 0.1) is 5.69 Å². The van der Waals surface area contributed by atoms with Gasteiger partial charge in [-0.1, -0.05) is 13.3 Å². The van der Waals surface area contributed by atoms with Crippen molar-refractivity contribution in [2.45, 2.75) is 45.8 Å². The molecular formula is C18H21FN2O4S. The summed E-state index contributed by atoms with van der Waals surface area (Å²) in [7, 11) is 0. The van der Waals surface area contributed by atoms with E-state index in [0.717, 1.165) is 11.3 Å². The molecule has 0 saturated carbocycles. The van der Waals surface area contributed by atoms with Crippen LogP contribution in [-0.2, 0) is 11.4 Å². The second-order valence-corrected chi connectivity index (χ2v) is 7.19. The minimum absolute atomic E-state index is 0.135. The van der Waals surface area contributed by atoms with Crippen LogP contribution in [0.5, 0.6) is 5.75 Å². The van der Waals surface area contributed by atoms with Crippen molar-refractivity contribution in [1.82, 2.24) is 10.3 Å². The van der Waals surface area contributed by atoms with E-state index < -0.39 is 17.4 Å². The van der Waals surface area contributed by atoms with Gasteiger partial charge in [0, 0.05) is 0 Å². The summed E-state index contributed by atoms with van der Waals surface area (Å²) in [5.74, 6) is -1.40. The number of hydrogen-bond donors (Lipinski definition) is 2. The maximum atomic E-state index is 12.9. The van der Waals surface area contributed by atoms with Crippen LogP contribution in [0.4, 0.5) is 4.39 Å². The van der Waals surface area contributed by atoms with Gasteiger partial charge < -0.3 is 15.2 Å². The molecule has 0 saturated heterocycles. The number of benzene rings is 1. The number of aliphatic carboxylic acids is 1. The molecule has 1 atom stereocenters. The third-order valence-electron chi connectivity index (χ3n) is 3.83. The van der Waals surface area contributed by atoms with Crippen molar-refractivity contribution >= 4 is 23.2 Å². The molecule has 0 fully saturated rings. The molecule has 8 heteroatoms. The number of aryl methyl sites for hydroxylation is 1. The van der Waals surface area contributed by atoms with Gasteiger partial charge in [-0.2, -0.15) is 0 Å². The Hall–Kier alpha value is -2.48. The number of halogens is 1. The lowest BCUT2D eigenvalue weighted by Crippen LogP contribution is -2.52. The standard InChI is InChI=1S/C18H21FN2O4S/c1-4-9-18(3,17(23)24)21-16(22)15-11(2)20-14(26-15)10-25-13-7-5-12(19)6-8-13/h5-8H,4,9-10H2,1-3H3,(H,21,22)(H,23,24). The zero-order valence-corrected chi connectivity index (χ0v) is 15.7. The number of hydrogen-bond acceptors (Lipinski definition) is 5. The molecule has 0 aliphatic rings. The highest BCUT2D eigenvalue weighted by Crippen LogP contribution is 2.22. The minimum Gasteiger partial charge on any atom is -0.486 e. The SMILES string of the molecule is CCCC(C)(NC(=O)c1sc(COc2ccc(F)cc2)nc1C)C(=O)O. The Labute approximate surface area is 155 Å². The number of thiazole rings is 1. The van der Waals surface area contributed by atoms with Crippen molar-refractivity contribution in [2.75, 3.05) is 0 Å². The molecule has 0 bridgehead atoms. The molecule has 1 amide bonds. The van der Waals surface area contributed by atoms with Crippen molar-refractivity contribution in [3.8, 4) is 5.75 Å². The van der Waals surface area contributed by atoms with E-state index in [0.29, 0.717) is 34.2 Å². The molecule has 2 rings (SSSR count). The van der Waals surface area contributed by atoms with Gasteiger partial charge in [0.25, 0.3) is 5.91 Å². The van der Waals surface area contributed by atoms with E-state index in [2.05, 4.69) is 10.3 Å². The summed E-state index contributed by atoms with van der Waals surface area (Å²) < 4.78 is 18.4. The lowest BCUT2D eigenvalue weighted by atomic mass is 9.96. The van der Waals surface area contributed by atoms with Crippen LogP contribution in [0.1, 0.15) is 47.1 Å². The summed E-state index contributed by atoms with van der Waals surface area (Å²) in [6.07, 6.45) is 0.952. The molecule has 0 spiro atoms. The van der Waals surface area contributed by atoms with Gasteiger partial charge in [-0.15, -0.1) is 11.3 Å². The minimum atomic E-state index is -1.33. The number of nitrogens with zero attached hydrogens (tertiary/aromatic N) is 1. The first-order chi connectivity index (χ1) is 12.2. The van der Waals surface area contributed by atoms with Crippen LogP contribution in [-0.4, -0.2) is 27.5 Å². The molecule has 1 heterocycles. The molecule has 2 N–H and O–H groups in total. The van der Waals surface area contributed by atoms with Gasteiger partial charge in [-0.25, -0.2) is 14.2 Å². The van der Waals surface area contributed by atoms with E-state index in [1.165, 1.54) is 31.2 Å². The first kappa shape index (κ1) is 19.8. The predicted molar refractivity (Wildman–Crippen MR) is 96.0 cm³/mol. The Bertz CT molecular complexity index is 791. The van der Waals surface area contributed by atoms with Gasteiger partial charge >= 0.3 is 5.97 Å². The molecule has 0 aliphatic heterocycles. The fraction of sp³-hybridized carbons (Fsp3) is 0.389. The summed E-state index contributed by atoms with van der Waals surface area (Å²) in [5, 5.41) is 12.6. The van der Waals surface area contributed by atoms with Crippen LogP contribution in [0, 0.1) is 12.7 Å². The van der Waals surface area contributed by atoms with Crippen LogP contribution >= 0.6 is 11.3 Å². The number of amides is 1. The molecular weight excluding hydrogens is 359 g/mol. The molecule has 1 unspecified atom stereocenters. The third-order valence-corrected chi connectivity index (χ3v) is 4.96. The van der Waals surface area contributed by atoms with Crippen molar-refractivity contribution < 1.29 is 23.8 Å². The summed E-state index contributed by atoms with van der Waals surface area (Å²) in [4.78, 5) is 28.6. The van der Waals surface area contributed by atoms with Crippen LogP contribution in [0.2, 0.25) is 0 Å². The number of nitrogens with one attached hydrogen (secondary N) is 1. The lowest BCUT2D eigenvalue weighted by Gasteiger charge is -2.25. The van der Waals surface area contributed by atoms with Gasteiger partial charge in [-0.3, -0.25) is 4.79 Å². The van der Waals surface area contributed by atoms with Crippen molar-refractivity contribution in [2.24, 2.45) is 0 Å². The predicted octanol–water partition coefficient (Wildman–Crippen LogP) is 3.54. The van der Waals surface area contributed by atoms with Crippen molar-refractivity contribution in [3.05, 3.63) is 45.7 Å². The van der Waals surface area contributed by atoms with E-state index >= 15 is 0 Å². The second kappa shape index (κ2) is 8.27. The second-order valence-electron chi connectivity index (χ2n) is 6.11. The molecule has 6 nitrogen and oxygen atoms in total. The smallest absolute Gasteiger partial charge is 0.329 e. The van der Waals surface area contributed by atoms with Gasteiger partial charge in [0.1, 0.15) is 33.6 Å². The average Bonchev–Trinajstić information content (AvgIpc) is 2.95. The zero-order valence-electron chi connectivity index (χ0n) is 14.8. The quantitative estimate of drug-likeness (QED) is 0.731. The zero-order chi connectivity index (χ0) is 19.3. The molecule has 1 aromatic heterocycles. The highest BCUT2D eigenvalue weighted by molar-refractivity contribution is 7.13. The summed E-state index contributed by atoms with van der Waals surface area (Å²) in [6, 6.07) is 5.60. The molecule has 1 aromatic carbocycles. The normalized spacial score (nSPS) is 13.1. The number of rotatable bonds is 8. The third kappa shape index (κ3) is 4.78. The van der Waals surface area contributed by atoms with Crippen molar-refractivity contribution in [3.63, 3.8) is 0 Å². The van der Waals surface area contributed by atoms with Crippen LogP contribution < -0.4 is 10.1 Å². The highest BCUT2D eigenvalue weighted by atomic mass is 32.1. The van der Waals surface area contributed by atoms with Crippen molar-refractivity contribution in [1.29, 1.82) is 0 Å². The van der Waals surface area contributed by atoms with Crippen LogP contribution in [0.25, 0.3) is 0 Å². The van der Waals surface area contributed by atoms with Gasteiger partial charge in [-0.05, 0) is 44.5 Å². The largest absolute Gasteiger partial charge is 0.486 e. The molecule has 2 aromatic rings. The molecule has 0 radical (unpaired) electrons.